The molecule has 0 saturated carbocycles. The van der Waals surface area contributed by atoms with Gasteiger partial charge in [0.05, 0.1) is 6.42 Å². The van der Waals surface area contributed by atoms with Crippen molar-refractivity contribution in [3.05, 3.63) is 42.0 Å². The van der Waals surface area contributed by atoms with Crippen LogP contribution in [0.2, 0.25) is 0 Å². The lowest BCUT2D eigenvalue weighted by molar-refractivity contribution is -0.138. The van der Waals surface area contributed by atoms with Gasteiger partial charge >= 0.3 is 12.0 Å². The van der Waals surface area contributed by atoms with Crippen molar-refractivity contribution >= 4 is 30.1 Å². The first-order valence-corrected chi connectivity index (χ1v) is 6.92. The fraction of sp³-hybridized carbons (Fsp3) is 0.250. The van der Waals surface area contributed by atoms with Crippen molar-refractivity contribution in [2.24, 2.45) is 0 Å². The zero-order chi connectivity index (χ0) is 17.2. The summed E-state index contributed by atoms with van der Waals surface area (Å²) in [5.41, 5.74) is 0.766. The Kier molecular flexibility index (Phi) is 7.19. The molecule has 0 aromatic heterocycles. The molecule has 1 rings (SSSR count). The Balaban J connectivity index is 2.89. The molecule has 122 valence electrons. The third kappa shape index (κ3) is 5.74. The quantitative estimate of drug-likeness (QED) is 0.422. The van der Waals surface area contributed by atoms with Gasteiger partial charge in [0, 0.05) is 13.6 Å². The largest absolute Gasteiger partial charge is 0.481 e. The average molecular weight is 318 g/mol. The summed E-state index contributed by atoms with van der Waals surface area (Å²) >= 11 is 0. The van der Waals surface area contributed by atoms with Gasteiger partial charge in [-0.05, 0) is 11.6 Å². The molecule has 0 heterocycles. The molecule has 2 N–H and O–H groups in total. The Labute approximate surface area is 133 Å². The molecule has 1 aromatic rings. The van der Waals surface area contributed by atoms with Crippen molar-refractivity contribution in [1.29, 1.82) is 0 Å². The molecule has 0 aliphatic heterocycles. The van der Waals surface area contributed by atoms with Crippen molar-refractivity contribution < 1.29 is 24.3 Å². The molecule has 0 aliphatic carbocycles. The van der Waals surface area contributed by atoms with E-state index in [9.17, 15) is 19.2 Å². The number of rotatable bonds is 8. The van der Waals surface area contributed by atoms with Crippen LogP contribution < -0.4 is 5.32 Å². The topological polar surface area (TPSA) is 104 Å². The number of ketones is 1. The van der Waals surface area contributed by atoms with E-state index in [0.717, 1.165) is 10.5 Å². The molecule has 0 spiro atoms. The van der Waals surface area contributed by atoms with Gasteiger partial charge in [0.2, 0.25) is 0 Å². The number of carbonyl (C=O) groups is 4. The number of benzene rings is 1. The monoisotopic (exact) mass is 318 g/mol. The maximum absolute atomic E-state index is 12.2. The van der Waals surface area contributed by atoms with Crippen molar-refractivity contribution in [2.45, 2.75) is 12.5 Å². The summed E-state index contributed by atoms with van der Waals surface area (Å²) in [6.07, 6.45) is 2.69. The molecular formula is C16H18N2O5. The highest BCUT2D eigenvalue weighted by atomic mass is 16.4. The summed E-state index contributed by atoms with van der Waals surface area (Å²) in [6, 6.07) is 6.92. The van der Waals surface area contributed by atoms with Gasteiger partial charge in [-0.2, -0.15) is 0 Å². The van der Waals surface area contributed by atoms with Crippen LogP contribution >= 0.6 is 0 Å². The van der Waals surface area contributed by atoms with E-state index in [-0.39, 0.29) is 13.0 Å². The minimum atomic E-state index is -1.37. The second-order valence-electron chi connectivity index (χ2n) is 4.62. The Bertz CT molecular complexity index is 598. The number of carboxylic acids is 1. The predicted octanol–water partition coefficient (Wildman–Crippen LogP) is 0.952. The summed E-state index contributed by atoms with van der Waals surface area (Å²) < 4.78 is 0. The summed E-state index contributed by atoms with van der Waals surface area (Å²) in [6.45, 7) is -0.247. The second-order valence-corrected chi connectivity index (χ2v) is 4.62. The van der Waals surface area contributed by atoms with Crippen LogP contribution in [0.1, 0.15) is 12.0 Å². The summed E-state index contributed by atoms with van der Waals surface area (Å²) in [4.78, 5) is 46.8. The Hall–Kier alpha value is -2.96. The number of carbonyl (C=O) groups excluding carboxylic acids is 3. The summed E-state index contributed by atoms with van der Waals surface area (Å²) in [5, 5.41) is 11.0. The lowest BCUT2D eigenvalue weighted by Crippen LogP contribution is -2.50. The van der Waals surface area contributed by atoms with Gasteiger partial charge in [-0.3, -0.25) is 9.59 Å². The second kappa shape index (κ2) is 9.14. The van der Waals surface area contributed by atoms with Gasteiger partial charge in [0.1, 0.15) is 0 Å². The fourth-order valence-electron chi connectivity index (χ4n) is 1.86. The molecule has 0 saturated heterocycles. The smallest absolute Gasteiger partial charge is 0.318 e. The number of aliphatic carboxylic acids is 1. The molecular weight excluding hydrogens is 300 g/mol. The minimum Gasteiger partial charge on any atom is -0.481 e. The maximum Gasteiger partial charge on any atom is 0.318 e. The lowest BCUT2D eigenvalue weighted by atomic mass is 10.1. The van der Waals surface area contributed by atoms with E-state index < -0.39 is 23.8 Å². The van der Waals surface area contributed by atoms with Crippen molar-refractivity contribution in [2.75, 3.05) is 13.6 Å². The zero-order valence-corrected chi connectivity index (χ0v) is 12.6. The summed E-state index contributed by atoms with van der Waals surface area (Å²) in [5.74, 6) is -1.73. The van der Waals surface area contributed by atoms with Crippen LogP contribution in [0.25, 0.3) is 6.08 Å². The van der Waals surface area contributed by atoms with Crippen LogP contribution in [0.3, 0.4) is 0 Å². The van der Waals surface area contributed by atoms with Crippen LogP contribution in [-0.4, -0.2) is 53.7 Å². The number of nitrogens with one attached hydrogen (secondary N) is 1. The number of aldehydes is 1. The van der Waals surface area contributed by atoms with Crippen molar-refractivity contribution in [3.8, 4) is 0 Å². The predicted molar refractivity (Wildman–Crippen MR) is 83.7 cm³/mol. The van der Waals surface area contributed by atoms with E-state index in [0.29, 0.717) is 6.29 Å². The first-order valence-electron chi connectivity index (χ1n) is 6.92. The van der Waals surface area contributed by atoms with Crippen molar-refractivity contribution in [3.63, 3.8) is 0 Å². The Morgan fingerprint density at radius 3 is 2.43 bits per heavy atom. The Morgan fingerprint density at radius 1 is 1.26 bits per heavy atom. The molecule has 7 heteroatoms. The van der Waals surface area contributed by atoms with E-state index in [4.69, 9.17) is 5.11 Å². The molecule has 1 unspecified atom stereocenters. The SMILES string of the molecule is CNC(=O)N(CCC(=O)O)C(C=O)C(=O)C=Cc1ccccc1. The van der Waals surface area contributed by atoms with Gasteiger partial charge in [-0.15, -0.1) is 0 Å². The third-order valence-corrected chi connectivity index (χ3v) is 3.04. The van der Waals surface area contributed by atoms with Crippen LogP contribution in [0.4, 0.5) is 4.79 Å². The van der Waals surface area contributed by atoms with Gasteiger partial charge < -0.3 is 20.1 Å². The fourth-order valence-corrected chi connectivity index (χ4v) is 1.86. The molecule has 0 bridgehead atoms. The number of amides is 2. The molecule has 1 atom stereocenters. The van der Waals surface area contributed by atoms with E-state index >= 15 is 0 Å². The highest BCUT2D eigenvalue weighted by molar-refractivity contribution is 6.08. The minimum absolute atomic E-state index is 0.247. The van der Waals surface area contributed by atoms with E-state index in [1.807, 2.05) is 6.07 Å². The number of carboxylic acid groups (broad SMARTS) is 1. The molecule has 1 aromatic carbocycles. The highest BCUT2D eigenvalue weighted by Crippen LogP contribution is 2.06. The van der Waals surface area contributed by atoms with Gasteiger partial charge in [0.25, 0.3) is 0 Å². The Morgan fingerprint density at radius 2 is 1.91 bits per heavy atom. The normalized spacial score (nSPS) is 11.7. The number of urea groups is 1. The van der Waals surface area contributed by atoms with Crippen LogP contribution in [-0.2, 0) is 14.4 Å². The third-order valence-electron chi connectivity index (χ3n) is 3.04. The van der Waals surface area contributed by atoms with Crippen molar-refractivity contribution in [1.82, 2.24) is 10.2 Å². The first kappa shape index (κ1) is 18.1. The molecule has 0 radical (unpaired) electrons. The van der Waals surface area contributed by atoms with Gasteiger partial charge in [-0.1, -0.05) is 36.4 Å². The number of nitrogens with zero attached hydrogens (tertiary/aromatic N) is 1. The van der Waals surface area contributed by atoms with E-state index in [1.165, 1.54) is 19.2 Å². The molecule has 2 amide bonds. The number of hydrogen-bond acceptors (Lipinski definition) is 4. The lowest BCUT2D eigenvalue weighted by Gasteiger charge is -2.25. The summed E-state index contributed by atoms with van der Waals surface area (Å²) in [7, 11) is 1.34. The number of hydrogen-bond donors (Lipinski definition) is 2. The molecule has 23 heavy (non-hydrogen) atoms. The van der Waals surface area contributed by atoms with E-state index in [2.05, 4.69) is 5.32 Å². The van der Waals surface area contributed by atoms with Gasteiger partial charge in [0.15, 0.2) is 18.1 Å². The van der Waals surface area contributed by atoms with Crippen LogP contribution in [0.5, 0.6) is 0 Å². The molecule has 7 nitrogen and oxygen atoms in total. The van der Waals surface area contributed by atoms with E-state index in [1.54, 1.807) is 24.3 Å². The maximum atomic E-state index is 12.2. The first-order chi connectivity index (χ1) is 11.0. The average Bonchev–Trinajstić information content (AvgIpc) is 2.56. The highest BCUT2D eigenvalue weighted by Gasteiger charge is 2.27. The van der Waals surface area contributed by atoms with Crippen LogP contribution in [0.15, 0.2) is 36.4 Å². The molecule has 0 fully saturated rings. The van der Waals surface area contributed by atoms with Crippen LogP contribution in [0, 0.1) is 0 Å². The molecule has 0 aliphatic rings. The zero-order valence-electron chi connectivity index (χ0n) is 12.6. The van der Waals surface area contributed by atoms with Gasteiger partial charge in [-0.25, -0.2) is 4.79 Å². The standard InChI is InChI=1S/C16H18N2O5/c1-17-16(23)18(10-9-15(21)22)13(11-19)14(20)8-7-12-5-3-2-4-6-12/h2-8,11,13H,9-10H2,1H3,(H,17,23)(H,21,22).